The van der Waals surface area contributed by atoms with Gasteiger partial charge in [-0.3, -0.25) is 10.2 Å². The number of fused-ring (bicyclic) bond motifs is 1. The first-order valence-electron chi connectivity index (χ1n) is 8.54. The maximum absolute atomic E-state index is 13.1. The van der Waals surface area contributed by atoms with Crippen molar-refractivity contribution in [1.82, 2.24) is 0 Å². The van der Waals surface area contributed by atoms with Crippen molar-refractivity contribution in [3.8, 4) is 0 Å². The van der Waals surface area contributed by atoms with Crippen LogP contribution in [-0.2, 0) is 0 Å². The van der Waals surface area contributed by atoms with Gasteiger partial charge in [0.05, 0.1) is 5.69 Å². The van der Waals surface area contributed by atoms with Crippen molar-refractivity contribution in [3.63, 3.8) is 0 Å². The smallest absolute Gasteiger partial charge is 0.255 e. The molecule has 0 amide bonds. The molecule has 6 heteroatoms. The lowest BCUT2D eigenvalue weighted by molar-refractivity contribution is 0.104. The second kappa shape index (κ2) is 8.33. The first-order chi connectivity index (χ1) is 13.7. The molecule has 0 aliphatic carbocycles. The normalized spacial score (nSPS) is 11.5. The van der Waals surface area contributed by atoms with Gasteiger partial charge in [0.15, 0.2) is 10.8 Å². The fourth-order valence-electron chi connectivity index (χ4n) is 2.56. The van der Waals surface area contributed by atoms with Crippen molar-refractivity contribution < 1.29 is 9.21 Å². The molecule has 4 nitrogen and oxygen atoms in total. The van der Waals surface area contributed by atoms with Crippen LogP contribution in [0.15, 0.2) is 99.3 Å². The predicted octanol–water partition coefficient (Wildman–Crippen LogP) is 6.49. The molecule has 4 rings (SSSR count). The number of para-hydroxylation sites is 1. The molecule has 0 saturated heterocycles. The van der Waals surface area contributed by atoms with Crippen LogP contribution in [0.4, 0.5) is 5.69 Å². The van der Waals surface area contributed by atoms with E-state index in [0.29, 0.717) is 10.6 Å². The van der Waals surface area contributed by atoms with Crippen LogP contribution in [-0.4, -0.2) is 10.8 Å². The zero-order valence-corrected chi connectivity index (χ0v) is 16.2. The number of nitrogens with zero attached hydrogens (tertiary/aromatic N) is 1. The maximum Gasteiger partial charge on any atom is 0.255 e. The quantitative estimate of drug-likeness (QED) is 0.135. The molecule has 0 aliphatic rings. The molecular weight excluding hydrogens is 392 g/mol. The predicted molar refractivity (Wildman–Crippen MR) is 115 cm³/mol. The Hall–Kier alpha value is -3.02. The number of hydrogen-bond acceptors (Lipinski definition) is 5. The summed E-state index contributed by atoms with van der Waals surface area (Å²) in [5.41, 5.74) is 4.32. The number of carbonyl (C=O) groups is 1. The maximum atomic E-state index is 13.1. The molecule has 0 fully saturated rings. The van der Waals surface area contributed by atoms with Crippen molar-refractivity contribution in [2.24, 2.45) is 5.10 Å². The lowest BCUT2D eigenvalue weighted by atomic mass is 10.2. The van der Waals surface area contributed by atoms with Crippen molar-refractivity contribution in [2.45, 2.75) is 4.90 Å². The molecule has 0 saturated carbocycles. The number of benzene rings is 3. The number of thioether (sulfide) groups is 1. The highest BCUT2D eigenvalue weighted by Gasteiger charge is 2.20. The number of nitrogens with one attached hydrogen (secondary N) is 1. The Labute approximate surface area is 171 Å². The van der Waals surface area contributed by atoms with Gasteiger partial charge in [-0.1, -0.05) is 59.8 Å². The van der Waals surface area contributed by atoms with E-state index in [0.717, 1.165) is 16.0 Å². The monoisotopic (exact) mass is 406 g/mol. The van der Waals surface area contributed by atoms with E-state index in [-0.39, 0.29) is 16.6 Å². The molecule has 1 heterocycles. The Morgan fingerprint density at radius 2 is 1.64 bits per heavy atom. The fourth-order valence-corrected chi connectivity index (χ4v) is 3.49. The molecule has 0 radical (unpaired) electrons. The molecule has 0 unspecified atom stereocenters. The van der Waals surface area contributed by atoms with Crippen LogP contribution in [0.25, 0.3) is 11.0 Å². The number of Topliss-reactive ketones (excluding diaryl/α,β-unsaturated/α-hetero) is 1. The van der Waals surface area contributed by atoms with Gasteiger partial charge in [-0.2, -0.15) is 5.10 Å². The van der Waals surface area contributed by atoms with E-state index in [1.165, 1.54) is 11.8 Å². The van der Waals surface area contributed by atoms with Gasteiger partial charge in [-0.15, -0.1) is 0 Å². The minimum absolute atomic E-state index is 0.251. The van der Waals surface area contributed by atoms with Crippen LogP contribution < -0.4 is 5.43 Å². The molecule has 0 spiro atoms. The fraction of sp³-hybridized carbons (Fsp3) is 0. The molecule has 0 aliphatic heterocycles. The molecule has 28 heavy (non-hydrogen) atoms. The summed E-state index contributed by atoms with van der Waals surface area (Å²) >= 11 is 7.19. The van der Waals surface area contributed by atoms with Crippen molar-refractivity contribution >= 4 is 50.8 Å². The van der Waals surface area contributed by atoms with Gasteiger partial charge in [0, 0.05) is 15.3 Å². The van der Waals surface area contributed by atoms with Gasteiger partial charge in [0.1, 0.15) is 5.58 Å². The molecule has 3 aromatic carbocycles. The van der Waals surface area contributed by atoms with Gasteiger partial charge >= 0.3 is 0 Å². The molecule has 138 valence electrons. The van der Waals surface area contributed by atoms with E-state index >= 15 is 0 Å². The number of hydrogen-bond donors (Lipinski definition) is 1. The van der Waals surface area contributed by atoms with Crippen LogP contribution in [0.1, 0.15) is 10.6 Å². The lowest BCUT2D eigenvalue weighted by Crippen LogP contribution is -2.12. The van der Waals surface area contributed by atoms with Crippen molar-refractivity contribution in [1.29, 1.82) is 0 Å². The van der Waals surface area contributed by atoms with E-state index in [4.69, 9.17) is 16.0 Å². The van der Waals surface area contributed by atoms with Crippen LogP contribution in [0, 0.1) is 0 Å². The number of furan rings is 1. The number of rotatable bonds is 5. The van der Waals surface area contributed by atoms with E-state index in [1.807, 2.05) is 54.6 Å². The average molecular weight is 407 g/mol. The number of ketones is 1. The summed E-state index contributed by atoms with van der Waals surface area (Å²) in [5, 5.41) is 6.13. The first-order valence-corrected chi connectivity index (χ1v) is 9.74. The van der Waals surface area contributed by atoms with E-state index in [2.05, 4.69) is 10.5 Å². The SMILES string of the molecule is O=C(/C(=N\Nc1ccc(Cl)cc1)Sc1ccccc1)c1cc2ccccc2o1. The van der Waals surface area contributed by atoms with Crippen LogP contribution in [0.5, 0.6) is 0 Å². The highest BCUT2D eigenvalue weighted by atomic mass is 35.5. The minimum Gasteiger partial charge on any atom is -0.452 e. The van der Waals surface area contributed by atoms with Crippen LogP contribution >= 0.6 is 23.4 Å². The summed E-state index contributed by atoms with van der Waals surface area (Å²) < 4.78 is 5.73. The van der Waals surface area contributed by atoms with Crippen molar-refractivity contribution in [2.75, 3.05) is 5.43 Å². The second-order valence-electron chi connectivity index (χ2n) is 5.93. The highest BCUT2D eigenvalue weighted by Crippen LogP contribution is 2.25. The zero-order valence-electron chi connectivity index (χ0n) is 14.6. The average Bonchev–Trinajstić information content (AvgIpc) is 3.17. The molecule has 0 atom stereocenters. The molecule has 4 aromatic rings. The Bertz CT molecular complexity index is 1110. The summed E-state index contributed by atoms with van der Waals surface area (Å²) in [6.07, 6.45) is 0. The van der Waals surface area contributed by atoms with Crippen LogP contribution in [0.3, 0.4) is 0 Å². The Kier molecular flexibility index (Phi) is 5.46. The van der Waals surface area contributed by atoms with E-state index < -0.39 is 0 Å². The summed E-state index contributed by atoms with van der Waals surface area (Å²) in [5.74, 6) is -0.0344. The Balaban J connectivity index is 1.65. The Morgan fingerprint density at radius 1 is 0.929 bits per heavy atom. The van der Waals surface area contributed by atoms with Gasteiger partial charge in [0.25, 0.3) is 5.78 Å². The molecular formula is C22H15ClN2O2S. The third-order valence-corrected chi connectivity index (χ3v) is 5.16. The number of carbonyl (C=O) groups excluding carboxylic acids is 1. The molecule has 1 aromatic heterocycles. The van der Waals surface area contributed by atoms with Gasteiger partial charge in [-0.25, -0.2) is 0 Å². The highest BCUT2D eigenvalue weighted by molar-refractivity contribution is 8.15. The summed E-state index contributed by atoms with van der Waals surface area (Å²) in [6.45, 7) is 0. The minimum atomic E-state index is -0.286. The van der Waals surface area contributed by atoms with Crippen LogP contribution in [0.2, 0.25) is 5.02 Å². The molecule has 0 bridgehead atoms. The van der Waals surface area contributed by atoms with Gasteiger partial charge in [0.2, 0.25) is 0 Å². The third kappa shape index (κ3) is 4.27. The summed E-state index contributed by atoms with van der Waals surface area (Å²) in [4.78, 5) is 14.0. The number of halogens is 1. The zero-order chi connectivity index (χ0) is 19.3. The van der Waals surface area contributed by atoms with Crippen molar-refractivity contribution in [3.05, 3.63) is 95.7 Å². The van der Waals surface area contributed by atoms with Gasteiger partial charge in [-0.05, 0) is 48.5 Å². The number of hydrazone groups is 1. The topological polar surface area (TPSA) is 54.6 Å². The lowest BCUT2D eigenvalue weighted by Gasteiger charge is -2.06. The summed E-state index contributed by atoms with van der Waals surface area (Å²) in [7, 11) is 0. The van der Waals surface area contributed by atoms with Gasteiger partial charge < -0.3 is 4.42 Å². The standard InChI is InChI=1S/C22H15ClN2O2S/c23-16-10-12-17(13-11-16)24-25-22(28-18-7-2-1-3-8-18)21(26)20-14-15-6-4-5-9-19(15)27-20/h1-14,24H/b25-22+. The molecule has 1 N–H and O–H groups in total. The first kappa shape index (κ1) is 18.3. The third-order valence-electron chi connectivity index (χ3n) is 3.93. The van der Waals surface area contributed by atoms with E-state index in [9.17, 15) is 4.79 Å². The second-order valence-corrected chi connectivity index (χ2v) is 7.43. The van der Waals surface area contributed by atoms with E-state index in [1.54, 1.807) is 30.3 Å². The number of anilines is 1. The largest absolute Gasteiger partial charge is 0.452 e. The Morgan fingerprint density at radius 3 is 2.39 bits per heavy atom. The summed E-state index contributed by atoms with van der Waals surface area (Å²) in [6, 6.07) is 26.0.